The van der Waals surface area contributed by atoms with Gasteiger partial charge in [-0.1, -0.05) is 12.2 Å². The average Bonchev–Trinajstić information content (AvgIpc) is 2.43. The molecule has 0 aromatic rings. The van der Waals surface area contributed by atoms with Gasteiger partial charge in [-0.2, -0.15) is 0 Å². The second-order valence-electron chi connectivity index (χ2n) is 4.37. The van der Waals surface area contributed by atoms with E-state index in [1.165, 1.54) is 12.8 Å². The van der Waals surface area contributed by atoms with Crippen molar-refractivity contribution < 1.29 is 4.74 Å². The molecule has 2 heteroatoms. The van der Waals surface area contributed by atoms with Gasteiger partial charge in [-0.3, -0.25) is 0 Å². The summed E-state index contributed by atoms with van der Waals surface area (Å²) in [6, 6.07) is 1.21. The summed E-state index contributed by atoms with van der Waals surface area (Å²) in [6.07, 6.45) is 7.37. The van der Waals surface area contributed by atoms with Crippen molar-refractivity contribution in [3.05, 3.63) is 12.2 Å². The highest BCUT2D eigenvalue weighted by Crippen LogP contribution is 2.42. The van der Waals surface area contributed by atoms with Gasteiger partial charge in [0.15, 0.2) is 0 Å². The minimum absolute atomic E-state index is 0.491. The molecule has 1 fully saturated rings. The topological polar surface area (TPSA) is 21.3 Å². The molecule has 0 radical (unpaired) electrons. The van der Waals surface area contributed by atoms with E-state index in [0.717, 1.165) is 18.4 Å². The summed E-state index contributed by atoms with van der Waals surface area (Å²) in [5.74, 6) is 1.77. The molecule has 0 aliphatic heterocycles. The van der Waals surface area contributed by atoms with Gasteiger partial charge >= 0.3 is 0 Å². The quantitative estimate of drug-likeness (QED) is 0.665. The molecule has 0 amide bonds. The number of fused-ring (bicyclic) bond motifs is 1. The van der Waals surface area contributed by atoms with Crippen LogP contribution in [-0.2, 0) is 4.74 Å². The Bertz CT molecular complexity index is 202. The van der Waals surface area contributed by atoms with Crippen molar-refractivity contribution in [3.8, 4) is 0 Å². The zero-order valence-electron chi connectivity index (χ0n) is 8.49. The van der Waals surface area contributed by atoms with E-state index in [1.807, 2.05) is 0 Å². The van der Waals surface area contributed by atoms with Crippen LogP contribution in [0.15, 0.2) is 12.2 Å². The van der Waals surface area contributed by atoms with E-state index >= 15 is 0 Å². The maximum atomic E-state index is 5.10. The van der Waals surface area contributed by atoms with Crippen molar-refractivity contribution in [1.82, 2.24) is 5.32 Å². The molecule has 4 atom stereocenters. The van der Waals surface area contributed by atoms with Crippen molar-refractivity contribution in [2.75, 3.05) is 13.7 Å². The molecule has 74 valence electrons. The normalized spacial score (nSPS) is 38.5. The van der Waals surface area contributed by atoms with E-state index < -0.39 is 0 Å². The fourth-order valence-corrected chi connectivity index (χ4v) is 2.57. The maximum Gasteiger partial charge on any atom is 0.0613 e. The predicted molar refractivity (Wildman–Crippen MR) is 53.6 cm³/mol. The van der Waals surface area contributed by atoms with E-state index in [-0.39, 0.29) is 0 Å². The van der Waals surface area contributed by atoms with Crippen LogP contribution < -0.4 is 5.32 Å². The van der Waals surface area contributed by atoms with Gasteiger partial charge in [-0.05, 0) is 31.6 Å². The van der Waals surface area contributed by atoms with E-state index in [0.29, 0.717) is 12.1 Å². The molecule has 4 unspecified atom stereocenters. The molecule has 2 aliphatic rings. The first kappa shape index (κ1) is 9.22. The maximum absolute atomic E-state index is 5.10. The van der Waals surface area contributed by atoms with Gasteiger partial charge in [0.05, 0.1) is 6.61 Å². The van der Waals surface area contributed by atoms with Crippen molar-refractivity contribution in [1.29, 1.82) is 0 Å². The third-order valence-electron chi connectivity index (χ3n) is 3.28. The van der Waals surface area contributed by atoms with Crippen LogP contribution in [0.2, 0.25) is 0 Å². The largest absolute Gasteiger partial charge is 0.383 e. The van der Waals surface area contributed by atoms with E-state index in [1.54, 1.807) is 7.11 Å². The second kappa shape index (κ2) is 3.81. The van der Waals surface area contributed by atoms with Gasteiger partial charge < -0.3 is 10.1 Å². The zero-order valence-corrected chi connectivity index (χ0v) is 8.49. The van der Waals surface area contributed by atoms with Gasteiger partial charge in [-0.25, -0.2) is 0 Å². The molecular formula is C11H19NO. The van der Waals surface area contributed by atoms with Crippen molar-refractivity contribution in [3.63, 3.8) is 0 Å². The molecule has 2 aliphatic carbocycles. The number of hydrogen-bond acceptors (Lipinski definition) is 2. The summed E-state index contributed by atoms with van der Waals surface area (Å²) in [4.78, 5) is 0. The SMILES string of the molecule is COCC(C)NC1CC2CC=CC21. The van der Waals surface area contributed by atoms with E-state index in [2.05, 4.69) is 24.4 Å². The minimum Gasteiger partial charge on any atom is -0.383 e. The number of ether oxygens (including phenoxy) is 1. The third kappa shape index (κ3) is 1.79. The Morgan fingerprint density at radius 3 is 3.15 bits per heavy atom. The zero-order chi connectivity index (χ0) is 9.26. The first-order valence-electron chi connectivity index (χ1n) is 5.23. The standard InChI is InChI=1S/C11H19NO/c1-8(7-13-2)12-11-6-9-4-3-5-10(9)11/h3,5,8-12H,4,6-7H2,1-2H3. The number of nitrogens with one attached hydrogen (secondary N) is 1. The molecule has 0 heterocycles. The molecular weight excluding hydrogens is 162 g/mol. The van der Waals surface area contributed by atoms with Gasteiger partial charge in [0, 0.05) is 19.2 Å². The molecule has 0 bridgehead atoms. The lowest BCUT2D eigenvalue weighted by Crippen LogP contribution is -2.52. The molecule has 0 spiro atoms. The summed E-state index contributed by atoms with van der Waals surface area (Å²) in [7, 11) is 1.76. The first-order valence-corrected chi connectivity index (χ1v) is 5.23. The lowest BCUT2D eigenvalue weighted by Gasteiger charge is -2.42. The number of hydrogen-bond donors (Lipinski definition) is 1. The van der Waals surface area contributed by atoms with E-state index in [9.17, 15) is 0 Å². The van der Waals surface area contributed by atoms with Gasteiger partial charge in [0.25, 0.3) is 0 Å². The van der Waals surface area contributed by atoms with Gasteiger partial charge in [0.1, 0.15) is 0 Å². The fourth-order valence-electron chi connectivity index (χ4n) is 2.57. The van der Waals surface area contributed by atoms with Crippen LogP contribution in [0, 0.1) is 11.8 Å². The third-order valence-corrected chi connectivity index (χ3v) is 3.28. The van der Waals surface area contributed by atoms with Crippen LogP contribution in [0.3, 0.4) is 0 Å². The summed E-state index contributed by atoms with van der Waals surface area (Å²) in [6.45, 7) is 3.01. The lowest BCUT2D eigenvalue weighted by molar-refractivity contribution is 0.116. The smallest absolute Gasteiger partial charge is 0.0613 e. The number of allylic oxidation sites excluding steroid dienone is 1. The molecule has 2 nitrogen and oxygen atoms in total. The van der Waals surface area contributed by atoms with E-state index in [4.69, 9.17) is 4.74 Å². The molecule has 1 N–H and O–H groups in total. The number of methoxy groups -OCH3 is 1. The molecule has 0 aromatic carbocycles. The number of rotatable bonds is 4. The van der Waals surface area contributed by atoms with Crippen molar-refractivity contribution in [2.45, 2.75) is 31.8 Å². The summed E-state index contributed by atoms with van der Waals surface area (Å²) in [5, 5.41) is 3.61. The molecule has 0 aromatic heterocycles. The highest BCUT2D eigenvalue weighted by molar-refractivity contribution is 5.13. The van der Waals surface area contributed by atoms with Crippen molar-refractivity contribution >= 4 is 0 Å². The molecule has 2 rings (SSSR count). The predicted octanol–water partition coefficient (Wildman–Crippen LogP) is 1.58. The van der Waals surface area contributed by atoms with Gasteiger partial charge in [-0.15, -0.1) is 0 Å². The van der Waals surface area contributed by atoms with Crippen LogP contribution in [0.25, 0.3) is 0 Å². The van der Waals surface area contributed by atoms with Crippen molar-refractivity contribution in [2.24, 2.45) is 11.8 Å². The molecule has 1 saturated carbocycles. The molecule has 13 heavy (non-hydrogen) atoms. The Labute approximate surface area is 80.4 Å². The molecule has 0 saturated heterocycles. The van der Waals surface area contributed by atoms with Crippen LogP contribution in [0.1, 0.15) is 19.8 Å². The minimum atomic E-state index is 0.491. The van der Waals surface area contributed by atoms with Crippen LogP contribution in [0.5, 0.6) is 0 Å². The highest BCUT2D eigenvalue weighted by Gasteiger charge is 2.41. The Kier molecular flexibility index (Phi) is 2.70. The Balaban J connectivity index is 1.74. The highest BCUT2D eigenvalue weighted by atomic mass is 16.5. The van der Waals surface area contributed by atoms with Crippen LogP contribution >= 0.6 is 0 Å². The summed E-state index contributed by atoms with van der Waals surface area (Å²) < 4.78 is 5.10. The van der Waals surface area contributed by atoms with Crippen LogP contribution in [-0.4, -0.2) is 25.8 Å². The second-order valence-corrected chi connectivity index (χ2v) is 4.37. The summed E-state index contributed by atoms with van der Waals surface area (Å²) >= 11 is 0. The lowest BCUT2D eigenvalue weighted by atomic mass is 9.71. The van der Waals surface area contributed by atoms with Gasteiger partial charge in [0.2, 0.25) is 0 Å². The Hall–Kier alpha value is -0.340. The fraction of sp³-hybridized carbons (Fsp3) is 0.818. The summed E-state index contributed by atoms with van der Waals surface area (Å²) in [5.41, 5.74) is 0. The Morgan fingerprint density at radius 2 is 2.46 bits per heavy atom. The monoisotopic (exact) mass is 181 g/mol. The Morgan fingerprint density at radius 1 is 1.62 bits per heavy atom. The van der Waals surface area contributed by atoms with Crippen LogP contribution in [0.4, 0.5) is 0 Å². The first-order chi connectivity index (χ1) is 6.31. The average molecular weight is 181 g/mol.